The number of nitrogens with one attached hydrogen (secondary N) is 2. The van der Waals surface area contributed by atoms with Gasteiger partial charge in [0.1, 0.15) is 5.60 Å². The molecule has 2 N–H and O–H groups in total. The maximum Gasteiger partial charge on any atom is 0.407 e. The van der Waals surface area contributed by atoms with E-state index in [1.165, 1.54) is 0 Å². The number of guanidine groups is 1. The molecule has 0 atom stereocenters. The summed E-state index contributed by atoms with van der Waals surface area (Å²) >= 11 is 0. The van der Waals surface area contributed by atoms with Gasteiger partial charge in [0.25, 0.3) is 0 Å². The number of hydrogen-bond acceptors (Lipinski definition) is 5. The van der Waals surface area contributed by atoms with Gasteiger partial charge in [-0.2, -0.15) is 0 Å². The van der Waals surface area contributed by atoms with Crippen molar-refractivity contribution in [3.05, 3.63) is 0 Å². The summed E-state index contributed by atoms with van der Waals surface area (Å²) in [6, 6.07) is 0. The smallest absolute Gasteiger partial charge is 0.407 e. The highest BCUT2D eigenvalue weighted by Crippen LogP contribution is 2.14. The van der Waals surface area contributed by atoms with Crippen molar-refractivity contribution in [3.63, 3.8) is 0 Å². The van der Waals surface area contributed by atoms with Crippen LogP contribution in [0.25, 0.3) is 0 Å². The molecule has 0 radical (unpaired) electrons. The minimum absolute atomic E-state index is 0. The summed E-state index contributed by atoms with van der Waals surface area (Å²) in [5.74, 6) is 0.855. The van der Waals surface area contributed by atoms with Crippen molar-refractivity contribution >= 4 is 36.0 Å². The molecule has 8 nitrogen and oxygen atoms in total. The number of halogens is 1. The van der Waals surface area contributed by atoms with Crippen molar-refractivity contribution in [2.75, 3.05) is 53.6 Å². The van der Waals surface area contributed by atoms with E-state index in [1.807, 2.05) is 20.8 Å². The van der Waals surface area contributed by atoms with Crippen LogP contribution >= 0.6 is 24.0 Å². The SMILES string of the molecule is CN=C(NCCNC(=O)OC(C)(C)C)N1CCC(OCCCOC)CC1.I. The Bertz CT molecular complexity index is 436. The summed E-state index contributed by atoms with van der Waals surface area (Å²) in [4.78, 5) is 18.2. The number of carbonyl (C=O) groups is 1. The van der Waals surface area contributed by atoms with Gasteiger partial charge >= 0.3 is 6.09 Å². The number of hydrogen-bond donors (Lipinski definition) is 2. The molecule has 160 valence electrons. The molecule has 0 aromatic heterocycles. The molecule has 0 unspecified atom stereocenters. The van der Waals surface area contributed by atoms with Gasteiger partial charge in [-0.15, -0.1) is 24.0 Å². The number of ether oxygens (including phenoxy) is 3. The van der Waals surface area contributed by atoms with Gasteiger partial charge in [0.15, 0.2) is 5.96 Å². The molecule has 1 aliphatic heterocycles. The summed E-state index contributed by atoms with van der Waals surface area (Å²) < 4.78 is 16.1. The van der Waals surface area contributed by atoms with Crippen LogP contribution in [0.4, 0.5) is 4.79 Å². The van der Waals surface area contributed by atoms with Crippen LogP contribution in [0, 0.1) is 0 Å². The molecule has 9 heteroatoms. The van der Waals surface area contributed by atoms with Gasteiger partial charge in [0, 0.05) is 53.6 Å². The zero-order valence-corrected chi connectivity index (χ0v) is 19.7. The average Bonchev–Trinajstić information content (AvgIpc) is 2.58. The topological polar surface area (TPSA) is 84.4 Å². The van der Waals surface area contributed by atoms with E-state index in [-0.39, 0.29) is 24.0 Å². The second kappa shape index (κ2) is 14.2. The van der Waals surface area contributed by atoms with E-state index < -0.39 is 11.7 Å². The van der Waals surface area contributed by atoms with Crippen LogP contribution in [0.15, 0.2) is 4.99 Å². The molecule has 0 aliphatic carbocycles. The molecule has 1 fully saturated rings. The summed E-state index contributed by atoms with van der Waals surface area (Å²) in [6.07, 6.45) is 2.83. The molecule has 1 rings (SSSR count). The van der Waals surface area contributed by atoms with Gasteiger partial charge in [-0.3, -0.25) is 4.99 Å². The normalized spacial score (nSPS) is 15.9. The minimum Gasteiger partial charge on any atom is -0.444 e. The third-order valence-corrected chi connectivity index (χ3v) is 3.88. The molecule has 1 heterocycles. The number of alkyl carbamates (subject to hydrolysis) is 1. The van der Waals surface area contributed by atoms with Crippen LogP contribution in [0.5, 0.6) is 0 Å². The van der Waals surface area contributed by atoms with Crippen molar-refractivity contribution in [1.82, 2.24) is 15.5 Å². The lowest BCUT2D eigenvalue weighted by Crippen LogP contribution is -2.48. The summed E-state index contributed by atoms with van der Waals surface area (Å²) in [7, 11) is 3.48. The number of likely N-dealkylation sites (tertiary alicyclic amines) is 1. The third kappa shape index (κ3) is 12.3. The van der Waals surface area contributed by atoms with Crippen LogP contribution in [-0.4, -0.2) is 82.2 Å². The number of amides is 1. The quantitative estimate of drug-likeness (QED) is 0.230. The second-order valence-electron chi connectivity index (χ2n) is 7.31. The van der Waals surface area contributed by atoms with Gasteiger partial charge in [0.2, 0.25) is 0 Å². The fourth-order valence-electron chi connectivity index (χ4n) is 2.67. The fraction of sp³-hybridized carbons (Fsp3) is 0.889. The first-order valence-corrected chi connectivity index (χ1v) is 9.38. The first-order valence-electron chi connectivity index (χ1n) is 9.38. The van der Waals surface area contributed by atoms with Crippen molar-refractivity contribution in [3.8, 4) is 0 Å². The van der Waals surface area contributed by atoms with Crippen molar-refractivity contribution in [2.45, 2.75) is 51.7 Å². The van der Waals surface area contributed by atoms with Crippen molar-refractivity contribution in [1.29, 1.82) is 0 Å². The number of carbonyl (C=O) groups excluding carboxylic acids is 1. The number of piperidine rings is 1. The molecular formula is C18H37IN4O4. The fourth-order valence-corrected chi connectivity index (χ4v) is 2.67. The largest absolute Gasteiger partial charge is 0.444 e. The van der Waals surface area contributed by atoms with E-state index in [0.29, 0.717) is 19.2 Å². The Morgan fingerprint density at radius 1 is 1.15 bits per heavy atom. The van der Waals surface area contributed by atoms with E-state index in [1.54, 1.807) is 14.2 Å². The Kier molecular flexibility index (Phi) is 13.8. The van der Waals surface area contributed by atoms with E-state index in [9.17, 15) is 4.79 Å². The van der Waals surface area contributed by atoms with Crippen LogP contribution in [0.2, 0.25) is 0 Å². The van der Waals surface area contributed by atoms with Crippen LogP contribution in [-0.2, 0) is 14.2 Å². The number of aliphatic imine (C=N–C) groups is 1. The Labute approximate surface area is 180 Å². The van der Waals surface area contributed by atoms with Gasteiger partial charge in [-0.05, 0) is 40.0 Å². The monoisotopic (exact) mass is 500 g/mol. The van der Waals surface area contributed by atoms with E-state index in [2.05, 4.69) is 20.5 Å². The van der Waals surface area contributed by atoms with Crippen LogP contribution < -0.4 is 10.6 Å². The highest BCUT2D eigenvalue weighted by Gasteiger charge is 2.21. The van der Waals surface area contributed by atoms with Gasteiger partial charge < -0.3 is 29.7 Å². The van der Waals surface area contributed by atoms with E-state index >= 15 is 0 Å². The maximum atomic E-state index is 11.6. The lowest BCUT2D eigenvalue weighted by Gasteiger charge is -2.34. The third-order valence-electron chi connectivity index (χ3n) is 3.88. The molecule has 0 spiro atoms. The molecule has 1 amide bonds. The summed E-state index contributed by atoms with van der Waals surface area (Å²) in [6.45, 7) is 9.93. The molecule has 27 heavy (non-hydrogen) atoms. The lowest BCUT2D eigenvalue weighted by atomic mass is 10.1. The minimum atomic E-state index is -0.483. The van der Waals surface area contributed by atoms with Crippen molar-refractivity contribution < 1.29 is 19.0 Å². The first-order chi connectivity index (χ1) is 12.4. The van der Waals surface area contributed by atoms with Gasteiger partial charge in [-0.1, -0.05) is 0 Å². The van der Waals surface area contributed by atoms with Gasteiger partial charge in [0.05, 0.1) is 6.10 Å². The molecule has 0 aromatic carbocycles. The summed E-state index contributed by atoms with van der Waals surface area (Å²) in [5.41, 5.74) is -0.483. The van der Waals surface area contributed by atoms with Gasteiger partial charge in [-0.25, -0.2) is 4.79 Å². The predicted molar refractivity (Wildman–Crippen MR) is 118 cm³/mol. The molecule has 0 bridgehead atoms. The van der Waals surface area contributed by atoms with Crippen LogP contribution in [0.1, 0.15) is 40.0 Å². The second-order valence-corrected chi connectivity index (χ2v) is 7.31. The average molecular weight is 500 g/mol. The number of rotatable bonds is 8. The van der Waals surface area contributed by atoms with Crippen LogP contribution in [0.3, 0.4) is 0 Å². The maximum absolute atomic E-state index is 11.6. The lowest BCUT2D eigenvalue weighted by molar-refractivity contribution is 0.00989. The Hall–Kier alpha value is -0.810. The molecular weight excluding hydrogens is 463 g/mol. The van der Waals surface area contributed by atoms with Crippen molar-refractivity contribution in [2.24, 2.45) is 4.99 Å². The Balaban J connectivity index is 0.00000676. The highest BCUT2D eigenvalue weighted by atomic mass is 127. The zero-order chi connectivity index (χ0) is 19.4. The molecule has 0 aromatic rings. The zero-order valence-electron chi connectivity index (χ0n) is 17.4. The number of nitrogens with zero attached hydrogens (tertiary/aromatic N) is 2. The number of methoxy groups -OCH3 is 1. The highest BCUT2D eigenvalue weighted by molar-refractivity contribution is 14.0. The van der Waals surface area contributed by atoms with E-state index in [4.69, 9.17) is 14.2 Å². The summed E-state index contributed by atoms with van der Waals surface area (Å²) in [5, 5.41) is 6.02. The molecule has 1 saturated heterocycles. The molecule has 1 aliphatic rings. The van der Waals surface area contributed by atoms with E-state index in [0.717, 1.165) is 51.5 Å². The predicted octanol–water partition coefficient (Wildman–Crippen LogP) is 2.22. The standard InChI is InChI=1S/C18H36N4O4.HI/c1-18(2,3)26-17(23)21-10-9-20-16(19-4)22-11-7-15(8-12-22)25-14-6-13-24-5;/h15H,6-14H2,1-5H3,(H,19,20)(H,21,23);1H. The Morgan fingerprint density at radius 2 is 1.78 bits per heavy atom. The Morgan fingerprint density at radius 3 is 2.33 bits per heavy atom. The first kappa shape index (κ1) is 26.2. The molecule has 0 saturated carbocycles.